The highest BCUT2D eigenvalue weighted by atomic mass is 16.5. The molecule has 1 aliphatic heterocycles. The summed E-state index contributed by atoms with van der Waals surface area (Å²) < 4.78 is 5.63. The molecule has 1 aliphatic rings. The van der Waals surface area contributed by atoms with E-state index >= 15 is 0 Å². The van der Waals surface area contributed by atoms with Crippen LogP contribution in [0.1, 0.15) is 45.6 Å². The minimum Gasteiger partial charge on any atom is -0.381 e. The number of amides is 1. The van der Waals surface area contributed by atoms with Crippen LogP contribution >= 0.6 is 0 Å². The van der Waals surface area contributed by atoms with Crippen LogP contribution in [0.3, 0.4) is 0 Å². The van der Waals surface area contributed by atoms with Gasteiger partial charge in [-0.3, -0.25) is 4.79 Å². The van der Waals surface area contributed by atoms with Gasteiger partial charge in [0.2, 0.25) is 5.91 Å². The van der Waals surface area contributed by atoms with Crippen molar-refractivity contribution < 1.29 is 9.53 Å². The van der Waals surface area contributed by atoms with Crippen molar-refractivity contribution in [2.45, 2.75) is 46.6 Å². The Bertz CT molecular complexity index is 679. The number of hydrogen-bond donors (Lipinski definition) is 3. The number of guanidine groups is 1. The van der Waals surface area contributed by atoms with Crippen molar-refractivity contribution in [3.8, 4) is 0 Å². The van der Waals surface area contributed by atoms with E-state index in [2.05, 4.69) is 41.3 Å². The minimum absolute atomic E-state index is 0.117. The molecule has 1 atom stereocenters. The highest BCUT2D eigenvalue weighted by Gasteiger charge is 2.25. The van der Waals surface area contributed by atoms with Gasteiger partial charge < -0.3 is 26.0 Å². The minimum atomic E-state index is -0.230. The van der Waals surface area contributed by atoms with Crippen molar-refractivity contribution >= 4 is 17.7 Å². The van der Waals surface area contributed by atoms with Crippen molar-refractivity contribution in [2.75, 3.05) is 44.3 Å². The van der Waals surface area contributed by atoms with Crippen LogP contribution in [0.25, 0.3) is 0 Å². The molecular formula is C22H38N6O2. The summed E-state index contributed by atoms with van der Waals surface area (Å²) in [5.41, 5.74) is 6.58. The van der Waals surface area contributed by atoms with Crippen LogP contribution in [0.15, 0.2) is 23.3 Å². The van der Waals surface area contributed by atoms with E-state index in [0.717, 1.165) is 69.5 Å². The fraction of sp³-hybridized carbons (Fsp3) is 0.682. The number of nitrogens with two attached hydrogens (primary N) is 1. The van der Waals surface area contributed by atoms with Crippen LogP contribution in [0.4, 0.5) is 5.82 Å². The van der Waals surface area contributed by atoms with E-state index in [0.29, 0.717) is 19.0 Å². The molecule has 1 aromatic rings. The number of aliphatic imine (C=N–C) groups is 1. The smallest absolute Gasteiger partial charge is 0.222 e. The van der Waals surface area contributed by atoms with Gasteiger partial charge in [0, 0.05) is 51.2 Å². The van der Waals surface area contributed by atoms with Crippen LogP contribution in [0.5, 0.6) is 0 Å². The number of rotatable bonds is 11. The van der Waals surface area contributed by atoms with Gasteiger partial charge in [0.1, 0.15) is 5.82 Å². The molecule has 0 spiro atoms. The second-order valence-corrected chi connectivity index (χ2v) is 8.12. The molecule has 0 aliphatic carbocycles. The summed E-state index contributed by atoms with van der Waals surface area (Å²) in [6, 6.07) is 3.97. The van der Waals surface area contributed by atoms with Crippen molar-refractivity contribution in [1.29, 1.82) is 0 Å². The summed E-state index contributed by atoms with van der Waals surface area (Å²) in [5.74, 6) is 1.89. The van der Waals surface area contributed by atoms with Gasteiger partial charge in [-0.2, -0.15) is 0 Å². The number of piperidine rings is 1. The van der Waals surface area contributed by atoms with E-state index in [9.17, 15) is 4.79 Å². The maximum atomic E-state index is 11.6. The molecule has 1 aromatic heterocycles. The molecule has 1 fully saturated rings. The number of carbonyl (C=O) groups excluding carboxylic acids is 1. The van der Waals surface area contributed by atoms with Crippen LogP contribution in [-0.2, 0) is 16.1 Å². The first-order valence-electron chi connectivity index (χ1n) is 11.1. The number of aromatic nitrogens is 1. The van der Waals surface area contributed by atoms with Gasteiger partial charge in [-0.25, -0.2) is 9.98 Å². The standard InChI is InChI=1S/C22H38N6O2/c1-4-24-22(26-11-7-13-30-16-17(2)3)27-14-18-8-5-10-25-21(18)28-12-6-9-19(15-28)20(23)29/h5,8,10,17,19H,4,6-7,9,11-16H2,1-3H3,(H2,23,29)(H2,24,26,27). The number of anilines is 1. The van der Waals surface area contributed by atoms with Gasteiger partial charge in [0.25, 0.3) is 0 Å². The van der Waals surface area contributed by atoms with Crippen molar-refractivity contribution in [2.24, 2.45) is 22.6 Å². The summed E-state index contributed by atoms with van der Waals surface area (Å²) in [5, 5.41) is 6.65. The predicted molar refractivity (Wildman–Crippen MR) is 121 cm³/mol. The largest absolute Gasteiger partial charge is 0.381 e. The lowest BCUT2D eigenvalue weighted by atomic mass is 9.97. The maximum absolute atomic E-state index is 11.6. The number of carbonyl (C=O) groups is 1. The molecule has 4 N–H and O–H groups in total. The fourth-order valence-electron chi connectivity index (χ4n) is 3.45. The average Bonchev–Trinajstić information content (AvgIpc) is 2.74. The quantitative estimate of drug-likeness (QED) is 0.288. The third-order valence-corrected chi connectivity index (χ3v) is 4.95. The summed E-state index contributed by atoms with van der Waals surface area (Å²) in [7, 11) is 0. The summed E-state index contributed by atoms with van der Waals surface area (Å²) in [4.78, 5) is 23.1. The lowest BCUT2D eigenvalue weighted by Crippen LogP contribution is -2.42. The zero-order chi connectivity index (χ0) is 21.8. The molecule has 2 rings (SSSR count). The van der Waals surface area contributed by atoms with Gasteiger partial charge in [-0.05, 0) is 38.2 Å². The highest BCUT2D eigenvalue weighted by molar-refractivity contribution is 5.80. The van der Waals surface area contributed by atoms with E-state index in [4.69, 9.17) is 15.5 Å². The maximum Gasteiger partial charge on any atom is 0.222 e. The van der Waals surface area contributed by atoms with E-state index in [-0.39, 0.29) is 11.8 Å². The number of pyridine rings is 1. The summed E-state index contributed by atoms with van der Waals surface area (Å²) >= 11 is 0. The SMILES string of the molecule is CCNC(=NCc1cccnc1N1CCCC(C(N)=O)C1)NCCCOCC(C)C. The topological polar surface area (TPSA) is 105 Å². The van der Waals surface area contributed by atoms with Crippen LogP contribution < -0.4 is 21.3 Å². The molecule has 30 heavy (non-hydrogen) atoms. The number of primary amides is 1. The van der Waals surface area contributed by atoms with Gasteiger partial charge in [0.15, 0.2) is 5.96 Å². The Balaban J connectivity index is 1.94. The van der Waals surface area contributed by atoms with E-state index < -0.39 is 0 Å². The molecule has 0 bridgehead atoms. The van der Waals surface area contributed by atoms with Crippen molar-refractivity contribution in [3.63, 3.8) is 0 Å². The zero-order valence-corrected chi connectivity index (χ0v) is 18.7. The molecular weight excluding hydrogens is 380 g/mol. The lowest BCUT2D eigenvalue weighted by Gasteiger charge is -2.33. The molecule has 0 saturated carbocycles. The first kappa shape index (κ1) is 23.9. The van der Waals surface area contributed by atoms with Gasteiger partial charge in [-0.1, -0.05) is 19.9 Å². The third-order valence-electron chi connectivity index (χ3n) is 4.95. The second kappa shape index (κ2) is 13.1. The number of nitrogens with one attached hydrogen (secondary N) is 2. The highest BCUT2D eigenvalue weighted by Crippen LogP contribution is 2.24. The Morgan fingerprint density at radius 2 is 2.27 bits per heavy atom. The normalized spacial score (nSPS) is 17.3. The van der Waals surface area contributed by atoms with E-state index in [1.54, 1.807) is 6.20 Å². The Morgan fingerprint density at radius 1 is 1.43 bits per heavy atom. The molecule has 0 radical (unpaired) electrons. The van der Waals surface area contributed by atoms with Crippen molar-refractivity contribution in [3.05, 3.63) is 23.9 Å². The van der Waals surface area contributed by atoms with Gasteiger partial charge >= 0.3 is 0 Å². The molecule has 1 unspecified atom stereocenters. The number of ether oxygens (including phenoxy) is 1. The Hall–Kier alpha value is -2.35. The predicted octanol–water partition coefficient (Wildman–Crippen LogP) is 1.90. The molecule has 1 amide bonds. The van der Waals surface area contributed by atoms with E-state index in [1.807, 2.05) is 12.1 Å². The Labute approximate surface area is 180 Å². The third kappa shape index (κ3) is 8.18. The summed E-state index contributed by atoms with van der Waals surface area (Å²) in [6.45, 7) is 11.5. The average molecular weight is 419 g/mol. The Morgan fingerprint density at radius 3 is 3.00 bits per heavy atom. The van der Waals surface area contributed by atoms with E-state index in [1.165, 1.54) is 0 Å². The van der Waals surface area contributed by atoms with Crippen molar-refractivity contribution in [1.82, 2.24) is 15.6 Å². The van der Waals surface area contributed by atoms with Crippen LogP contribution in [-0.4, -0.2) is 56.2 Å². The van der Waals surface area contributed by atoms with Crippen LogP contribution in [0.2, 0.25) is 0 Å². The monoisotopic (exact) mass is 418 g/mol. The fourth-order valence-corrected chi connectivity index (χ4v) is 3.45. The number of nitrogens with zero attached hydrogens (tertiary/aromatic N) is 3. The lowest BCUT2D eigenvalue weighted by molar-refractivity contribution is -0.122. The Kier molecular flexibility index (Phi) is 10.4. The molecule has 2 heterocycles. The first-order valence-corrected chi connectivity index (χ1v) is 11.1. The van der Waals surface area contributed by atoms with Gasteiger partial charge in [-0.15, -0.1) is 0 Å². The molecule has 1 saturated heterocycles. The molecule has 8 nitrogen and oxygen atoms in total. The van der Waals surface area contributed by atoms with Gasteiger partial charge in [0.05, 0.1) is 12.5 Å². The molecule has 8 heteroatoms. The van der Waals surface area contributed by atoms with Crippen LogP contribution in [0, 0.1) is 11.8 Å². The summed E-state index contributed by atoms with van der Waals surface area (Å²) in [6.07, 6.45) is 4.51. The first-order chi connectivity index (χ1) is 14.5. The molecule has 0 aromatic carbocycles. The second-order valence-electron chi connectivity index (χ2n) is 8.12. The zero-order valence-electron chi connectivity index (χ0n) is 18.7. The number of hydrogen-bond acceptors (Lipinski definition) is 5. The molecule has 168 valence electrons.